The summed E-state index contributed by atoms with van der Waals surface area (Å²) in [6.45, 7) is 10.6. The van der Waals surface area contributed by atoms with Crippen molar-refractivity contribution in [1.82, 2.24) is 4.90 Å². The molecule has 1 aliphatic heterocycles. The molecular formula is C17H28N2O. The maximum absolute atomic E-state index is 6.05. The molecule has 1 fully saturated rings. The summed E-state index contributed by atoms with van der Waals surface area (Å²) in [5.74, 6) is 1.64. The van der Waals surface area contributed by atoms with Crippen LogP contribution in [0.4, 0.5) is 0 Å². The molecule has 0 radical (unpaired) electrons. The fourth-order valence-corrected chi connectivity index (χ4v) is 2.79. The molecule has 1 saturated heterocycles. The third-order valence-electron chi connectivity index (χ3n) is 4.28. The van der Waals surface area contributed by atoms with Crippen LogP contribution in [0.25, 0.3) is 0 Å². The molecule has 0 spiro atoms. The number of nitrogens with two attached hydrogens (primary N) is 1. The fourth-order valence-electron chi connectivity index (χ4n) is 2.79. The second-order valence-corrected chi connectivity index (χ2v) is 6.20. The third-order valence-corrected chi connectivity index (χ3v) is 4.28. The van der Waals surface area contributed by atoms with Gasteiger partial charge in [0, 0.05) is 19.1 Å². The molecule has 1 aromatic rings. The predicted octanol–water partition coefficient (Wildman–Crippen LogP) is 2.74. The Kier molecular flexibility index (Phi) is 5.44. The highest BCUT2D eigenvalue weighted by atomic mass is 16.5. The Hall–Kier alpha value is -1.06. The molecule has 1 heterocycles. The van der Waals surface area contributed by atoms with E-state index in [1.165, 1.54) is 11.1 Å². The van der Waals surface area contributed by atoms with E-state index in [0.717, 1.165) is 44.8 Å². The lowest BCUT2D eigenvalue weighted by molar-refractivity contribution is 0.153. The fraction of sp³-hybridized carbons (Fsp3) is 0.647. The van der Waals surface area contributed by atoms with Crippen LogP contribution in [0.3, 0.4) is 0 Å². The number of nitrogens with zero attached hydrogens (tertiary/aromatic N) is 1. The quantitative estimate of drug-likeness (QED) is 0.840. The Balaban J connectivity index is 1.70. The van der Waals surface area contributed by atoms with E-state index in [1.54, 1.807) is 0 Å². The monoisotopic (exact) mass is 276 g/mol. The lowest BCUT2D eigenvalue weighted by Gasteiger charge is -2.35. The van der Waals surface area contributed by atoms with E-state index in [-0.39, 0.29) is 0 Å². The molecule has 1 aliphatic rings. The molecule has 0 aromatic heterocycles. The molecule has 2 N–H and O–H groups in total. The maximum atomic E-state index is 6.05. The minimum Gasteiger partial charge on any atom is -0.493 e. The summed E-state index contributed by atoms with van der Waals surface area (Å²) in [6.07, 6.45) is 2.20. The van der Waals surface area contributed by atoms with Crippen LogP contribution >= 0.6 is 0 Å². The standard InChI is InChI=1S/C17H28N2O/c1-13-5-6-14(2)17(11-13)20-10-4-8-19-9-7-16(18)15(3)12-19/h5-6,11,15-16H,4,7-10,12,18H2,1-3H3. The number of rotatable bonds is 5. The van der Waals surface area contributed by atoms with Crippen molar-refractivity contribution in [3.05, 3.63) is 29.3 Å². The highest BCUT2D eigenvalue weighted by Gasteiger charge is 2.22. The SMILES string of the molecule is Cc1ccc(C)c(OCCCN2CCC(N)C(C)C2)c1. The van der Waals surface area contributed by atoms with Gasteiger partial charge in [-0.25, -0.2) is 0 Å². The van der Waals surface area contributed by atoms with Gasteiger partial charge in [0.1, 0.15) is 5.75 Å². The molecule has 0 amide bonds. The lowest BCUT2D eigenvalue weighted by Crippen LogP contribution is -2.46. The Morgan fingerprint density at radius 3 is 2.90 bits per heavy atom. The third kappa shape index (κ3) is 4.22. The van der Waals surface area contributed by atoms with Gasteiger partial charge in [-0.15, -0.1) is 0 Å². The smallest absolute Gasteiger partial charge is 0.122 e. The maximum Gasteiger partial charge on any atom is 0.122 e. The molecule has 112 valence electrons. The first-order valence-electron chi connectivity index (χ1n) is 7.74. The zero-order valence-corrected chi connectivity index (χ0v) is 13.1. The van der Waals surface area contributed by atoms with Crippen molar-refractivity contribution in [2.45, 2.75) is 39.7 Å². The number of hydrogen-bond acceptors (Lipinski definition) is 3. The molecule has 3 nitrogen and oxygen atoms in total. The number of aryl methyl sites for hydroxylation is 2. The zero-order valence-electron chi connectivity index (χ0n) is 13.1. The van der Waals surface area contributed by atoms with Crippen LogP contribution in [-0.2, 0) is 0 Å². The molecule has 3 heteroatoms. The molecule has 0 saturated carbocycles. The van der Waals surface area contributed by atoms with Crippen molar-refractivity contribution in [3.8, 4) is 5.75 Å². The highest BCUT2D eigenvalue weighted by Crippen LogP contribution is 2.19. The number of hydrogen-bond donors (Lipinski definition) is 1. The minimum atomic E-state index is 0.387. The van der Waals surface area contributed by atoms with Gasteiger partial charge in [0.15, 0.2) is 0 Å². The van der Waals surface area contributed by atoms with Crippen LogP contribution in [0, 0.1) is 19.8 Å². The Morgan fingerprint density at radius 1 is 1.35 bits per heavy atom. The average Bonchev–Trinajstić information content (AvgIpc) is 2.42. The van der Waals surface area contributed by atoms with Gasteiger partial charge in [-0.2, -0.15) is 0 Å². The van der Waals surface area contributed by atoms with E-state index < -0.39 is 0 Å². The van der Waals surface area contributed by atoms with Gasteiger partial charge in [-0.05, 0) is 56.3 Å². The van der Waals surface area contributed by atoms with Gasteiger partial charge in [-0.1, -0.05) is 19.1 Å². The van der Waals surface area contributed by atoms with Crippen LogP contribution in [0.5, 0.6) is 5.75 Å². The second kappa shape index (κ2) is 7.09. The largest absolute Gasteiger partial charge is 0.493 e. The van der Waals surface area contributed by atoms with E-state index in [4.69, 9.17) is 10.5 Å². The second-order valence-electron chi connectivity index (χ2n) is 6.20. The predicted molar refractivity (Wildman–Crippen MR) is 84.2 cm³/mol. The van der Waals surface area contributed by atoms with Gasteiger partial charge in [0.2, 0.25) is 0 Å². The molecule has 0 bridgehead atoms. The molecule has 0 aliphatic carbocycles. The summed E-state index contributed by atoms with van der Waals surface area (Å²) >= 11 is 0. The Labute approximate surface area is 123 Å². The van der Waals surface area contributed by atoms with Crippen LogP contribution in [0.15, 0.2) is 18.2 Å². The van der Waals surface area contributed by atoms with E-state index in [0.29, 0.717) is 12.0 Å². The summed E-state index contributed by atoms with van der Waals surface area (Å²) in [5.41, 5.74) is 8.52. The first-order valence-corrected chi connectivity index (χ1v) is 7.74. The van der Waals surface area contributed by atoms with Crippen LogP contribution < -0.4 is 10.5 Å². The van der Waals surface area contributed by atoms with Crippen molar-refractivity contribution >= 4 is 0 Å². The van der Waals surface area contributed by atoms with E-state index in [9.17, 15) is 0 Å². The van der Waals surface area contributed by atoms with Gasteiger partial charge in [0.25, 0.3) is 0 Å². The normalized spacial score (nSPS) is 23.8. The first-order chi connectivity index (χ1) is 9.56. The van der Waals surface area contributed by atoms with E-state index in [1.807, 2.05) is 0 Å². The molecule has 20 heavy (non-hydrogen) atoms. The van der Waals surface area contributed by atoms with Crippen LogP contribution in [0.2, 0.25) is 0 Å². The van der Waals surface area contributed by atoms with Crippen molar-refractivity contribution in [1.29, 1.82) is 0 Å². The Bertz CT molecular complexity index is 433. The molecular weight excluding hydrogens is 248 g/mol. The summed E-state index contributed by atoms with van der Waals surface area (Å²) in [5, 5.41) is 0. The van der Waals surface area contributed by atoms with Gasteiger partial charge in [0.05, 0.1) is 6.61 Å². The lowest BCUT2D eigenvalue weighted by atomic mass is 9.95. The van der Waals surface area contributed by atoms with Gasteiger partial charge in [-0.3, -0.25) is 0 Å². The van der Waals surface area contributed by atoms with Gasteiger partial charge >= 0.3 is 0 Å². The number of piperidine rings is 1. The van der Waals surface area contributed by atoms with E-state index >= 15 is 0 Å². The number of ether oxygens (including phenoxy) is 1. The summed E-state index contributed by atoms with van der Waals surface area (Å²) in [4.78, 5) is 2.51. The first kappa shape index (κ1) is 15.3. The molecule has 2 atom stereocenters. The topological polar surface area (TPSA) is 38.5 Å². The summed E-state index contributed by atoms with van der Waals surface area (Å²) < 4.78 is 5.91. The van der Waals surface area contributed by atoms with Gasteiger partial charge < -0.3 is 15.4 Å². The van der Waals surface area contributed by atoms with Crippen molar-refractivity contribution in [3.63, 3.8) is 0 Å². The zero-order chi connectivity index (χ0) is 14.5. The summed E-state index contributed by atoms with van der Waals surface area (Å²) in [6, 6.07) is 6.76. The van der Waals surface area contributed by atoms with E-state index in [2.05, 4.69) is 43.9 Å². The number of benzene rings is 1. The Morgan fingerprint density at radius 2 is 2.15 bits per heavy atom. The van der Waals surface area contributed by atoms with Crippen molar-refractivity contribution in [2.75, 3.05) is 26.2 Å². The molecule has 1 aromatic carbocycles. The van der Waals surface area contributed by atoms with Crippen LogP contribution in [0.1, 0.15) is 30.9 Å². The molecule has 2 rings (SSSR count). The molecule has 2 unspecified atom stereocenters. The van der Waals surface area contributed by atoms with Crippen molar-refractivity contribution < 1.29 is 4.74 Å². The highest BCUT2D eigenvalue weighted by molar-refractivity contribution is 5.35. The average molecular weight is 276 g/mol. The number of likely N-dealkylation sites (tertiary alicyclic amines) is 1. The van der Waals surface area contributed by atoms with Crippen LogP contribution in [-0.4, -0.2) is 37.2 Å². The minimum absolute atomic E-state index is 0.387. The summed E-state index contributed by atoms with van der Waals surface area (Å²) in [7, 11) is 0. The van der Waals surface area contributed by atoms with Crippen molar-refractivity contribution in [2.24, 2.45) is 11.7 Å².